The van der Waals surface area contributed by atoms with Crippen LogP contribution in [-0.4, -0.2) is 49.9 Å². The molecule has 0 bridgehead atoms. The van der Waals surface area contributed by atoms with E-state index in [1.807, 2.05) is 6.92 Å². The van der Waals surface area contributed by atoms with Crippen LogP contribution in [0.4, 0.5) is 14.9 Å². The molecule has 3 heterocycles. The Morgan fingerprint density at radius 3 is 2.52 bits per heavy atom. The third-order valence-corrected chi connectivity index (χ3v) is 5.71. The molecule has 1 spiro atoms. The highest BCUT2D eigenvalue weighted by Gasteiger charge is 2.63. The van der Waals surface area contributed by atoms with Crippen molar-refractivity contribution in [1.82, 2.24) is 10.6 Å². The van der Waals surface area contributed by atoms with Crippen molar-refractivity contribution in [3.8, 4) is 0 Å². The first-order valence-electron chi connectivity index (χ1n) is 8.98. The lowest BCUT2D eigenvalue weighted by Crippen LogP contribution is -2.75. The van der Waals surface area contributed by atoms with Crippen LogP contribution < -0.4 is 21.0 Å². The summed E-state index contributed by atoms with van der Waals surface area (Å²) in [6.45, 7) is 5.76. The predicted molar refractivity (Wildman–Crippen MR) is 96.6 cm³/mol. The average Bonchev–Trinajstić information content (AvgIpc) is 2.58. The zero-order valence-corrected chi connectivity index (χ0v) is 15.3. The highest BCUT2D eigenvalue weighted by Crippen LogP contribution is 2.47. The van der Waals surface area contributed by atoms with Crippen LogP contribution in [0.25, 0.3) is 0 Å². The van der Waals surface area contributed by atoms with Crippen molar-refractivity contribution >= 4 is 36.3 Å². The number of rotatable bonds is 1. The molecule has 0 saturated carbocycles. The summed E-state index contributed by atoms with van der Waals surface area (Å²) >= 11 is 0. The minimum atomic E-state index is -1.57. The Balaban J connectivity index is 1.95. The fourth-order valence-corrected chi connectivity index (χ4v) is 4.73. The number of urea groups is 1. The molecule has 4 amide bonds. The average molecular weight is 372 g/mol. The second-order valence-electron chi connectivity index (χ2n) is 7.43. The number of barbiturate groups is 1. The fraction of sp³-hybridized carbons (Fsp3) is 0.500. The number of carbonyl (C=O) groups is 3. The molecule has 9 heteroatoms. The lowest BCUT2D eigenvalue weighted by atomic mass is 9.65. The minimum absolute atomic E-state index is 0.00483. The highest BCUT2D eigenvalue weighted by molar-refractivity contribution is 6.52. The van der Waals surface area contributed by atoms with Gasteiger partial charge in [0, 0.05) is 6.54 Å². The molecule has 0 unspecified atom stereocenters. The van der Waals surface area contributed by atoms with E-state index in [0.29, 0.717) is 23.3 Å². The summed E-state index contributed by atoms with van der Waals surface area (Å²) in [6.07, 6.45) is -0.717. The molecule has 2 saturated heterocycles. The van der Waals surface area contributed by atoms with Crippen LogP contribution in [-0.2, 0) is 20.7 Å². The number of hydrogen-bond donors (Lipinski definition) is 2. The third kappa shape index (κ3) is 2.48. The van der Waals surface area contributed by atoms with Gasteiger partial charge in [0.15, 0.2) is 5.41 Å². The van der Waals surface area contributed by atoms with E-state index in [1.165, 1.54) is 6.07 Å². The maximum atomic E-state index is 15.0. The Hall–Kier alpha value is -2.42. The Labute approximate surface area is 156 Å². The van der Waals surface area contributed by atoms with E-state index < -0.39 is 41.2 Å². The number of nitrogens with one attached hydrogen (secondary N) is 2. The van der Waals surface area contributed by atoms with Crippen molar-refractivity contribution in [3.63, 3.8) is 0 Å². The van der Waals surface area contributed by atoms with Crippen LogP contribution in [0.15, 0.2) is 12.1 Å². The summed E-state index contributed by atoms with van der Waals surface area (Å²) in [5, 5.41) is 4.43. The normalized spacial score (nSPS) is 29.0. The molecular formula is C18H20BFN3O4. The summed E-state index contributed by atoms with van der Waals surface area (Å²) in [6, 6.07) is 1.68. The van der Waals surface area contributed by atoms with Gasteiger partial charge in [-0.3, -0.25) is 20.2 Å². The zero-order valence-electron chi connectivity index (χ0n) is 15.3. The van der Waals surface area contributed by atoms with Crippen molar-refractivity contribution in [2.45, 2.75) is 45.3 Å². The van der Waals surface area contributed by atoms with E-state index >= 15 is 0 Å². The number of ether oxygens (including phenoxy) is 1. The van der Waals surface area contributed by atoms with E-state index in [4.69, 9.17) is 4.74 Å². The van der Waals surface area contributed by atoms with Gasteiger partial charge >= 0.3 is 6.03 Å². The van der Waals surface area contributed by atoms with Gasteiger partial charge < -0.3 is 9.64 Å². The number of amides is 4. The molecule has 0 aliphatic carbocycles. The third-order valence-electron chi connectivity index (χ3n) is 5.71. The van der Waals surface area contributed by atoms with E-state index in [-0.39, 0.29) is 12.5 Å². The fourth-order valence-electron chi connectivity index (χ4n) is 4.73. The largest absolute Gasteiger partial charge is 0.372 e. The van der Waals surface area contributed by atoms with Crippen LogP contribution in [0.5, 0.6) is 0 Å². The Morgan fingerprint density at radius 2 is 1.89 bits per heavy atom. The number of imide groups is 2. The Bertz CT molecular complexity index is 841. The Morgan fingerprint density at radius 1 is 1.22 bits per heavy atom. The lowest BCUT2D eigenvalue weighted by Gasteiger charge is -2.55. The van der Waals surface area contributed by atoms with Crippen LogP contribution in [0.3, 0.4) is 0 Å². The van der Waals surface area contributed by atoms with Crippen molar-refractivity contribution in [2.24, 2.45) is 5.41 Å². The van der Waals surface area contributed by atoms with Crippen LogP contribution in [0.2, 0.25) is 6.82 Å². The molecule has 1 radical (unpaired) electrons. The van der Waals surface area contributed by atoms with Gasteiger partial charge in [-0.05, 0) is 31.9 Å². The summed E-state index contributed by atoms with van der Waals surface area (Å²) in [7, 11) is 1.76. The number of morpholine rings is 1. The van der Waals surface area contributed by atoms with Gasteiger partial charge in [0.25, 0.3) is 0 Å². The topological polar surface area (TPSA) is 87.7 Å². The van der Waals surface area contributed by atoms with Gasteiger partial charge in [-0.25, -0.2) is 9.18 Å². The quantitative estimate of drug-likeness (QED) is 0.539. The first-order chi connectivity index (χ1) is 12.8. The van der Waals surface area contributed by atoms with Gasteiger partial charge in [0.2, 0.25) is 11.8 Å². The molecule has 3 atom stereocenters. The zero-order chi connectivity index (χ0) is 19.5. The maximum Gasteiger partial charge on any atom is 0.328 e. The number of hydrogen-bond acceptors (Lipinski definition) is 5. The van der Waals surface area contributed by atoms with Crippen molar-refractivity contribution < 1.29 is 23.5 Å². The summed E-state index contributed by atoms with van der Waals surface area (Å²) in [5.41, 5.74) is 0.0668. The van der Waals surface area contributed by atoms with Gasteiger partial charge in [-0.2, -0.15) is 0 Å². The molecule has 2 N–H and O–H groups in total. The molecule has 1 aromatic carbocycles. The summed E-state index contributed by atoms with van der Waals surface area (Å²) in [5.74, 6) is -1.74. The standard InChI is InChI=1S/C18H20BFN3O4/c1-8-7-23-13-10(4-11(19-3)5-12(13)20)6-18(14(23)9(2)27-8)15(24)21-17(26)22-16(18)25/h4-5,8-9,14H,6-7H2,1-3H3,(H2,21,22,24,25,26)/t8-,9+,14-/m1/s1. The second-order valence-corrected chi connectivity index (χ2v) is 7.43. The van der Waals surface area contributed by atoms with E-state index in [2.05, 4.69) is 10.6 Å². The molecule has 2 fully saturated rings. The summed E-state index contributed by atoms with van der Waals surface area (Å²) in [4.78, 5) is 39.3. The van der Waals surface area contributed by atoms with E-state index in [1.54, 1.807) is 32.0 Å². The number of carbonyl (C=O) groups excluding carboxylic acids is 3. The smallest absolute Gasteiger partial charge is 0.328 e. The van der Waals surface area contributed by atoms with Gasteiger partial charge in [0.1, 0.15) is 13.1 Å². The first kappa shape index (κ1) is 18.0. The second kappa shape index (κ2) is 6.05. The number of nitrogens with zero attached hydrogens (tertiary/aromatic N) is 1. The molecule has 4 rings (SSSR count). The number of fused-ring (bicyclic) bond motifs is 4. The van der Waals surface area contributed by atoms with Crippen LogP contribution >= 0.6 is 0 Å². The van der Waals surface area contributed by atoms with E-state index in [0.717, 1.165) is 0 Å². The predicted octanol–water partition coefficient (Wildman–Crippen LogP) is 0.0940. The molecule has 1 aromatic rings. The molecule has 3 aliphatic rings. The number of benzene rings is 1. The molecule has 3 aliphatic heterocycles. The van der Waals surface area contributed by atoms with Crippen molar-refractivity contribution in [3.05, 3.63) is 23.5 Å². The van der Waals surface area contributed by atoms with Crippen LogP contribution in [0, 0.1) is 11.2 Å². The monoisotopic (exact) mass is 372 g/mol. The van der Waals surface area contributed by atoms with E-state index in [9.17, 15) is 18.8 Å². The first-order valence-corrected chi connectivity index (χ1v) is 8.98. The van der Waals surface area contributed by atoms with Gasteiger partial charge in [-0.1, -0.05) is 18.4 Å². The molecule has 141 valence electrons. The highest BCUT2D eigenvalue weighted by atomic mass is 19.1. The number of halogens is 1. The molecular weight excluding hydrogens is 352 g/mol. The van der Waals surface area contributed by atoms with Crippen molar-refractivity contribution in [1.29, 1.82) is 0 Å². The van der Waals surface area contributed by atoms with Gasteiger partial charge in [-0.15, -0.1) is 0 Å². The minimum Gasteiger partial charge on any atom is -0.372 e. The van der Waals surface area contributed by atoms with Crippen molar-refractivity contribution in [2.75, 3.05) is 11.4 Å². The number of anilines is 1. The lowest BCUT2D eigenvalue weighted by molar-refractivity contribution is -0.153. The van der Waals surface area contributed by atoms with Crippen LogP contribution in [0.1, 0.15) is 19.4 Å². The maximum absolute atomic E-state index is 15.0. The molecule has 0 aromatic heterocycles. The summed E-state index contributed by atoms with van der Waals surface area (Å²) < 4.78 is 20.9. The molecule has 27 heavy (non-hydrogen) atoms. The molecule has 7 nitrogen and oxygen atoms in total. The SMILES string of the molecule is C[B]c1cc(F)c2c(c1)CC1(C(=O)NC(=O)NC1=O)[C@H]1[C@H](C)O[C@H](C)CN21. The van der Waals surface area contributed by atoms with Gasteiger partial charge in [0.05, 0.1) is 23.9 Å². The Kier molecular flexibility index (Phi) is 4.03.